The second-order valence-electron chi connectivity index (χ2n) is 2.39. The number of non-ortho nitro benzene ring substituents is 1. The van der Waals surface area contributed by atoms with Crippen molar-refractivity contribution in [3.63, 3.8) is 0 Å². The predicted molar refractivity (Wildman–Crippen MR) is 77.1 cm³/mol. The molecule has 0 amide bonds. The molecular formula is C13H26N2O3. The molecule has 0 saturated heterocycles. The summed E-state index contributed by atoms with van der Waals surface area (Å²) >= 11 is 0. The Kier molecular flexibility index (Phi) is 18.5. The lowest BCUT2D eigenvalue weighted by Gasteiger charge is -2.02. The predicted octanol–water partition coefficient (Wildman–Crippen LogP) is 3.62. The highest BCUT2D eigenvalue weighted by Gasteiger charge is 2.03. The summed E-state index contributed by atoms with van der Waals surface area (Å²) in [6, 6.07) is 5.89. The molecule has 0 radical (unpaired) electrons. The minimum Gasteiger partial charge on any atom is -0.492 e. The zero-order valence-electron chi connectivity index (χ0n) is 11.0. The zero-order chi connectivity index (χ0) is 13.7. The molecule has 1 rings (SSSR count). The van der Waals surface area contributed by atoms with E-state index < -0.39 is 4.92 Å². The minimum absolute atomic E-state index is 0. The van der Waals surface area contributed by atoms with Crippen LogP contribution >= 0.6 is 0 Å². The summed E-state index contributed by atoms with van der Waals surface area (Å²) < 4.78 is 5.14. The van der Waals surface area contributed by atoms with Crippen LogP contribution in [-0.4, -0.2) is 18.1 Å². The summed E-state index contributed by atoms with van der Waals surface area (Å²) in [4.78, 5) is 9.82. The van der Waals surface area contributed by atoms with Gasteiger partial charge in [0.25, 0.3) is 5.69 Å². The van der Waals surface area contributed by atoms with Crippen molar-refractivity contribution >= 4 is 5.69 Å². The Hall–Kier alpha value is -1.62. The first-order chi connectivity index (χ1) is 8.24. The summed E-state index contributed by atoms with van der Waals surface area (Å²) in [5, 5.41) is 10.3. The summed E-state index contributed by atoms with van der Waals surface area (Å²) in [6.07, 6.45) is 0. The molecule has 0 atom stereocenters. The average Bonchev–Trinajstić information content (AvgIpc) is 2.41. The maximum Gasteiger partial charge on any atom is 0.269 e. The fourth-order valence-corrected chi connectivity index (χ4v) is 0.841. The number of nitro groups is 1. The van der Waals surface area contributed by atoms with Crippen LogP contribution in [0.2, 0.25) is 0 Å². The summed E-state index contributed by atoms with van der Waals surface area (Å²) in [5.74, 6) is 0.594. The molecule has 5 nitrogen and oxygen atoms in total. The maximum atomic E-state index is 10.3. The zero-order valence-corrected chi connectivity index (χ0v) is 11.0. The van der Waals surface area contributed by atoms with E-state index in [0.717, 1.165) is 0 Å². The third-order valence-corrected chi connectivity index (χ3v) is 1.43. The van der Waals surface area contributed by atoms with Gasteiger partial charge in [0.15, 0.2) is 0 Å². The number of hydrogen-bond donors (Lipinski definition) is 1. The Morgan fingerprint density at radius 3 is 1.94 bits per heavy atom. The monoisotopic (exact) mass is 258 g/mol. The molecule has 106 valence electrons. The lowest BCUT2D eigenvalue weighted by molar-refractivity contribution is -0.384. The molecule has 1 aromatic rings. The van der Waals surface area contributed by atoms with Crippen LogP contribution in [0.15, 0.2) is 24.3 Å². The smallest absolute Gasteiger partial charge is 0.269 e. The van der Waals surface area contributed by atoms with Crippen LogP contribution in [0.5, 0.6) is 5.75 Å². The summed E-state index contributed by atoms with van der Waals surface area (Å²) in [5.41, 5.74) is 5.28. The van der Waals surface area contributed by atoms with Crippen LogP contribution in [0, 0.1) is 10.1 Å². The van der Waals surface area contributed by atoms with E-state index in [9.17, 15) is 10.1 Å². The van der Waals surface area contributed by atoms with Crippen LogP contribution in [0.25, 0.3) is 0 Å². The third-order valence-electron chi connectivity index (χ3n) is 1.43. The fraction of sp³-hybridized carbons (Fsp3) is 0.538. The lowest BCUT2D eigenvalue weighted by Crippen LogP contribution is -2.10. The molecule has 18 heavy (non-hydrogen) atoms. The first-order valence-electron chi connectivity index (χ1n) is 5.81. The van der Waals surface area contributed by atoms with E-state index >= 15 is 0 Å². The van der Waals surface area contributed by atoms with Gasteiger partial charge in [-0.3, -0.25) is 10.1 Å². The molecule has 0 bridgehead atoms. The van der Waals surface area contributed by atoms with Gasteiger partial charge in [0.2, 0.25) is 0 Å². The molecular weight excluding hydrogens is 232 g/mol. The average molecular weight is 258 g/mol. The molecule has 0 aliphatic rings. The highest BCUT2D eigenvalue weighted by Crippen LogP contribution is 2.16. The minimum atomic E-state index is -0.452. The van der Waals surface area contributed by atoms with Crippen molar-refractivity contribution in [2.45, 2.75) is 35.1 Å². The Balaban J connectivity index is -0.000000409. The second kappa shape index (κ2) is 15.4. The largest absolute Gasteiger partial charge is 0.492 e. The number of hydrogen-bond acceptors (Lipinski definition) is 4. The Bertz CT molecular complexity index is 287. The van der Waals surface area contributed by atoms with Crippen molar-refractivity contribution < 1.29 is 9.66 Å². The first kappa shape index (κ1) is 21.6. The van der Waals surface area contributed by atoms with E-state index in [1.807, 2.05) is 27.7 Å². The number of nitrogens with two attached hydrogens (primary N) is 1. The van der Waals surface area contributed by atoms with Gasteiger partial charge in [0.1, 0.15) is 12.4 Å². The molecule has 0 unspecified atom stereocenters. The molecule has 0 saturated carbocycles. The van der Waals surface area contributed by atoms with Gasteiger partial charge in [-0.05, 0) is 12.1 Å². The molecule has 0 heterocycles. The van der Waals surface area contributed by atoms with Gasteiger partial charge in [-0.2, -0.15) is 0 Å². The molecule has 2 N–H and O–H groups in total. The standard InChI is InChI=1S/C8H10N2O3.2C2H6.CH4/c9-5-6-13-8-3-1-7(2-4-8)10(11)12;2*1-2;/h1-4H,5-6,9H2;2*1-2H3;1H4. The molecule has 1 aromatic carbocycles. The van der Waals surface area contributed by atoms with Gasteiger partial charge < -0.3 is 10.5 Å². The van der Waals surface area contributed by atoms with Gasteiger partial charge in [-0.15, -0.1) is 0 Å². The Morgan fingerprint density at radius 2 is 1.61 bits per heavy atom. The first-order valence-corrected chi connectivity index (χ1v) is 5.81. The number of benzene rings is 1. The molecule has 0 spiro atoms. The third kappa shape index (κ3) is 9.59. The van der Waals surface area contributed by atoms with Gasteiger partial charge in [-0.25, -0.2) is 0 Å². The van der Waals surface area contributed by atoms with Gasteiger partial charge in [-0.1, -0.05) is 35.1 Å². The number of ether oxygens (including phenoxy) is 1. The molecule has 0 fully saturated rings. The van der Waals surface area contributed by atoms with E-state index in [0.29, 0.717) is 18.9 Å². The van der Waals surface area contributed by atoms with E-state index in [2.05, 4.69) is 0 Å². The van der Waals surface area contributed by atoms with Crippen LogP contribution in [0.1, 0.15) is 35.1 Å². The van der Waals surface area contributed by atoms with E-state index in [1.165, 1.54) is 12.1 Å². The highest BCUT2D eigenvalue weighted by molar-refractivity contribution is 5.35. The number of nitrogens with zero attached hydrogens (tertiary/aromatic N) is 1. The molecule has 0 aliphatic carbocycles. The van der Waals surface area contributed by atoms with Crippen LogP contribution in [0.3, 0.4) is 0 Å². The Labute approximate surface area is 110 Å². The topological polar surface area (TPSA) is 78.4 Å². The summed E-state index contributed by atoms with van der Waals surface area (Å²) in [6.45, 7) is 8.84. The normalized spacial score (nSPS) is 7.61. The van der Waals surface area contributed by atoms with E-state index in [4.69, 9.17) is 10.5 Å². The second-order valence-corrected chi connectivity index (χ2v) is 2.39. The fourth-order valence-electron chi connectivity index (χ4n) is 0.841. The van der Waals surface area contributed by atoms with Crippen molar-refractivity contribution in [3.05, 3.63) is 34.4 Å². The van der Waals surface area contributed by atoms with Crippen LogP contribution in [-0.2, 0) is 0 Å². The van der Waals surface area contributed by atoms with Crippen molar-refractivity contribution in [1.29, 1.82) is 0 Å². The van der Waals surface area contributed by atoms with Crippen molar-refractivity contribution in [2.24, 2.45) is 5.73 Å². The highest BCUT2D eigenvalue weighted by atomic mass is 16.6. The van der Waals surface area contributed by atoms with Gasteiger partial charge >= 0.3 is 0 Å². The van der Waals surface area contributed by atoms with E-state index in [-0.39, 0.29) is 13.1 Å². The lowest BCUT2D eigenvalue weighted by atomic mass is 10.3. The maximum absolute atomic E-state index is 10.3. The molecule has 0 aliphatic heterocycles. The number of rotatable bonds is 4. The van der Waals surface area contributed by atoms with Gasteiger partial charge in [0, 0.05) is 18.7 Å². The van der Waals surface area contributed by atoms with Crippen molar-refractivity contribution in [1.82, 2.24) is 0 Å². The molecule has 0 aromatic heterocycles. The number of nitro benzene ring substituents is 1. The quantitative estimate of drug-likeness (QED) is 0.660. The van der Waals surface area contributed by atoms with Gasteiger partial charge in [0.05, 0.1) is 4.92 Å². The van der Waals surface area contributed by atoms with Crippen LogP contribution in [0.4, 0.5) is 5.69 Å². The molecule has 5 heteroatoms. The van der Waals surface area contributed by atoms with Crippen molar-refractivity contribution in [2.75, 3.05) is 13.2 Å². The van der Waals surface area contributed by atoms with E-state index in [1.54, 1.807) is 12.1 Å². The van der Waals surface area contributed by atoms with Crippen LogP contribution < -0.4 is 10.5 Å². The van der Waals surface area contributed by atoms with Crippen molar-refractivity contribution in [3.8, 4) is 5.75 Å². The SMILES string of the molecule is C.CC.CC.NCCOc1ccc([N+](=O)[O-])cc1. The Morgan fingerprint density at radius 1 is 1.17 bits per heavy atom. The summed E-state index contributed by atoms with van der Waals surface area (Å²) in [7, 11) is 0.